The Morgan fingerprint density at radius 1 is 1.10 bits per heavy atom. The third kappa shape index (κ3) is 4.72. The predicted molar refractivity (Wildman–Crippen MR) is 114 cm³/mol. The first-order valence-electron chi connectivity index (χ1n) is 8.96. The van der Waals surface area contributed by atoms with Gasteiger partial charge in [-0.05, 0) is 55.5 Å². The summed E-state index contributed by atoms with van der Waals surface area (Å²) in [5.74, 6) is -1.15. The summed E-state index contributed by atoms with van der Waals surface area (Å²) in [6.07, 6.45) is -0.161. The smallest absolute Gasteiger partial charge is 0.269 e. The molecule has 2 aromatic rings. The average molecular weight is 431 g/mol. The van der Waals surface area contributed by atoms with E-state index in [9.17, 15) is 14.4 Å². The second-order valence-corrected chi connectivity index (χ2v) is 7.12. The monoisotopic (exact) mass is 430 g/mol. The van der Waals surface area contributed by atoms with Crippen molar-refractivity contribution in [2.75, 3.05) is 11.9 Å². The first-order valence-corrected chi connectivity index (χ1v) is 9.75. The van der Waals surface area contributed by atoms with Crippen molar-refractivity contribution in [3.05, 3.63) is 65.2 Å². The van der Waals surface area contributed by atoms with Crippen molar-refractivity contribution in [1.82, 2.24) is 15.3 Å². The minimum Gasteiger partial charge on any atom is -0.326 e. The Morgan fingerprint density at radius 2 is 1.76 bits per heavy atom. The van der Waals surface area contributed by atoms with Gasteiger partial charge in [0.2, 0.25) is 5.91 Å². The zero-order valence-corrected chi connectivity index (χ0v) is 17.2. The number of thiocarbonyl (C=S) groups is 1. The molecule has 1 aliphatic rings. The van der Waals surface area contributed by atoms with Gasteiger partial charge in [0, 0.05) is 22.8 Å². The van der Waals surface area contributed by atoms with Crippen molar-refractivity contribution in [3.8, 4) is 0 Å². The van der Waals surface area contributed by atoms with Crippen LogP contribution in [-0.4, -0.2) is 45.3 Å². The highest BCUT2D eigenvalue weighted by molar-refractivity contribution is 7.80. The van der Waals surface area contributed by atoms with Crippen LogP contribution in [0.25, 0.3) is 0 Å². The van der Waals surface area contributed by atoms with Crippen LogP contribution in [0.5, 0.6) is 0 Å². The molecule has 1 aliphatic heterocycles. The minimum absolute atomic E-state index is 0.150. The molecule has 9 heteroatoms. The van der Waals surface area contributed by atoms with Crippen LogP contribution < -0.4 is 10.7 Å². The molecule has 0 aromatic heterocycles. The molecule has 1 fully saturated rings. The van der Waals surface area contributed by atoms with Gasteiger partial charge in [0.25, 0.3) is 11.8 Å². The SMILES string of the molecule is CCN1C(=O)[C@H](CC(=O)Nc2ccccc2)N(NC(=O)c2ccc(Cl)cc2)C1=S. The fraction of sp³-hybridized carbons (Fsp3) is 0.200. The quantitative estimate of drug-likeness (QED) is 0.689. The van der Waals surface area contributed by atoms with Crippen molar-refractivity contribution < 1.29 is 14.4 Å². The van der Waals surface area contributed by atoms with Crippen LogP contribution in [0.4, 0.5) is 5.69 Å². The van der Waals surface area contributed by atoms with E-state index in [2.05, 4.69) is 10.7 Å². The summed E-state index contributed by atoms with van der Waals surface area (Å²) >= 11 is 11.2. The van der Waals surface area contributed by atoms with Crippen molar-refractivity contribution >= 4 is 52.3 Å². The lowest BCUT2D eigenvalue weighted by Crippen LogP contribution is -2.49. The molecule has 0 aliphatic carbocycles. The number of nitrogens with zero attached hydrogens (tertiary/aromatic N) is 2. The van der Waals surface area contributed by atoms with Crippen molar-refractivity contribution in [3.63, 3.8) is 0 Å². The number of hydrazine groups is 1. The van der Waals surface area contributed by atoms with E-state index >= 15 is 0 Å². The molecule has 0 saturated carbocycles. The van der Waals surface area contributed by atoms with E-state index < -0.39 is 11.9 Å². The third-order valence-electron chi connectivity index (χ3n) is 4.38. The second-order valence-electron chi connectivity index (χ2n) is 6.32. The Morgan fingerprint density at radius 3 is 2.38 bits per heavy atom. The van der Waals surface area contributed by atoms with Gasteiger partial charge in [0.15, 0.2) is 5.11 Å². The largest absolute Gasteiger partial charge is 0.326 e. The van der Waals surface area contributed by atoms with E-state index in [1.807, 2.05) is 6.07 Å². The highest BCUT2D eigenvalue weighted by Crippen LogP contribution is 2.20. The number of para-hydroxylation sites is 1. The van der Waals surface area contributed by atoms with Crippen molar-refractivity contribution in [1.29, 1.82) is 0 Å². The molecule has 3 rings (SSSR count). The van der Waals surface area contributed by atoms with Crippen LogP contribution in [0.3, 0.4) is 0 Å². The number of hydrogen-bond acceptors (Lipinski definition) is 4. The summed E-state index contributed by atoms with van der Waals surface area (Å²) in [5.41, 5.74) is 3.62. The zero-order chi connectivity index (χ0) is 21.0. The van der Waals surface area contributed by atoms with E-state index in [0.717, 1.165) is 0 Å². The van der Waals surface area contributed by atoms with Crippen LogP contribution in [-0.2, 0) is 9.59 Å². The van der Waals surface area contributed by atoms with Crippen LogP contribution in [0.1, 0.15) is 23.7 Å². The number of hydrogen-bond donors (Lipinski definition) is 2. The van der Waals surface area contributed by atoms with Crippen LogP contribution in [0, 0.1) is 0 Å². The molecule has 2 aromatic carbocycles. The number of anilines is 1. The Kier molecular flexibility index (Phi) is 6.46. The molecule has 1 heterocycles. The average Bonchev–Trinajstić information content (AvgIpc) is 2.92. The van der Waals surface area contributed by atoms with Crippen molar-refractivity contribution in [2.45, 2.75) is 19.4 Å². The van der Waals surface area contributed by atoms with Crippen LogP contribution >= 0.6 is 23.8 Å². The number of likely N-dealkylation sites (N-methyl/N-ethyl adjacent to an activating group) is 1. The number of amides is 3. The molecule has 0 unspecified atom stereocenters. The Labute approximate surface area is 178 Å². The predicted octanol–water partition coefficient (Wildman–Crippen LogP) is 2.83. The standard InChI is InChI=1S/C20H19ClN4O3S/c1-2-24-19(28)16(12-17(26)22-15-6-4-3-5-7-15)25(20(24)29)23-18(27)13-8-10-14(21)11-9-13/h3-11,16H,2,12H2,1H3,(H,22,26)(H,23,27)/t16-/m0/s1. The van der Waals surface area contributed by atoms with E-state index in [4.69, 9.17) is 23.8 Å². The number of carbonyl (C=O) groups excluding carboxylic acids is 3. The lowest BCUT2D eigenvalue weighted by atomic mass is 10.2. The zero-order valence-electron chi connectivity index (χ0n) is 15.6. The summed E-state index contributed by atoms with van der Waals surface area (Å²) in [6, 6.07) is 14.3. The first-order chi connectivity index (χ1) is 13.9. The molecule has 2 N–H and O–H groups in total. The summed E-state index contributed by atoms with van der Waals surface area (Å²) in [5, 5.41) is 4.67. The fourth-order valence-corrected chi connectivity index (χ4v) is 3.45. The molecule has 1 atom stereocenters. The van der Waals surface area contributed by atoms with Gasteiger partial charge in [-0.25, -0.2) is 5.01 Å². The van der Waals surface area contributed by atoms with Gasteiger partial charge in [-0.2, -0.15) is 0 Å². The Balaban J connectivity index is 1.76. The third-order valence-corrected chi connectivity index (χ3v) is 5.05. The first kappa shape index (κ1) is 20.8. The Hall–Kier alpha value is -2.97. The number of rotatable bonds is 6. The molecule has 0 bridgehead atoms. The van der Waals surface area contributed by atoms with E-state index in [-0.39, 0.29) is 23.3 Å². The van der Waals surface area contributed by atoms with Gasteiger partial charge < -0.3 is 5.32 Å². The fourth-order valence-electron chi connectivity index (χ4n) is 2.93. The summed E-state index contributed by atoms with van der Waals surface area (Å²) in [4.78, 5) is 39.2. The number of carbonyl (C=O) groups is 3. The highest BCUT2D eigenvalue weighted by atomic mass is 35.5. The second kappa shape index (κ2) is 9.02. The maximum absolute atomic E-state index is 12.8. The molecule has 1 saturated heterocycles. The summed E-state index contributed by atoms with van der Waals surface area (Å²) in [6.45, 7) is 2.11. The van der Waals surface area contributed by atoms with Gasteiger partial charge >= 0.3 is 0 Å². The number of nitrogens with one attached hydrogen (secondary N) is 2. The molecular formula is C20H19ClN4O3S. The molecule has 150 valence electrons. The topological polar surface area (TPSA) is 81.8 Å². The molecule has 7 nitrogen and oxygen atoms in total. The van der Waals surface area contributed by atoms with Gasteiger partial charge in [-0.3, -0.25) is 24.7 Å². The Bertz CT molecular complexity index is 937. The lowest BCUT2D eigenvalue weighted by Gasteiger charge is -2.24. The van der Waals surface area contributed by atoms with E-state index in [1.54, 1.807) is 55.5 Å². The van der Waals surface area contributed by atoms with Crippen LogP contribution in [0.2, 0.25) is 5.02 Å². The van der Waals surface area contributed by atoms with Gasteiger partial charge in [0.1, 0.15) is 6.04 Å². The van der Waals surface area contributed by atoms with E-state index in [1.165, 1.54) is 9.91 Å². The number of halogens is 1. The molecule has 29 heavy (non-hydrogen) atoms. The summed E-state index contributed by atoms with van der Waals surface area (Å²) < 4.78 is 0. The lowest BCUT2D eigenvalue weighted by molar-refractivity contribution is -0.130. The normalized spacial score (nSPS) is 16.1. The minimum atomic E-state index is -0.928. The van der Waals surface area contributed by atoms with Crippen LogP contribution in [0.15, 0.2) is 54.6 Å². The maximum atomic E-state index is 12.8. The van der Waals surface area contributed by atoms with Gasteiger partial charge in [0.05, 0.1) is 6.42 Å². The molecule has 0 radical (unpaired) electrons. The maximum Gasteiger partial charge on any atom is 0.269 e. The summed E-state index contributed by atoms with van der Waals surface area (Å²) in [7, 11) is 0. The number of benzene rings is 2. The molecule has 3 amide bonds. The van der Waals surface area contributed by atoms with Gasteiger partial charge in [-0.1, -0.05) is 29.8 Å². The highest BCUT2D eigenvalue weighted by Gasteiger charge is 2.43. The van der Waals surface area contributed by atoms with Gasteiger partial charge in [-0.15, -0.1) is 0 Å². The molecular weight excluding hydrogens is 412 g/mol. The molecule has 0 spiro atoms. The van der Waals surface area contributed by atoms with E-state index in [0.29, 0.717) is 22.8 Å². The van der Waals surface area contributed by atoms with Crippen molar-refractivity contribution in [2.24, 2.45) is 0 Å².